The van der Waals surface area contributed by atoms with Crippen molar-refractivity contribution in [2.24, 2.45) is 4.99 Å². The molecular formula is C33H38N6OS. The number of anilines is 2. The van der Waals surface area contributed by atoms with Gasteiger partial charge in [-0.25, -0.2) is 4.98 Å². The van der Waals surface area contributed by atoms with Crippen molar-refractivity contribution in [1.29, 1.82) is 0 Å². The number of nitrogens with one attached hydrogen (secondary N) is 2. The van der Waals surface area contributed by atoms with Gasteiger partial charge in [0.1, 0.15) is 22.4 Å². The number of benzene rings is 2. The van der Waals surface area contributed by atoms with Crippen LogP contribution in [0.4, 0.5) is 11.5 Å². The van der Waals surface area contributed by atoms with Crippen LogP contribution in [0.3, 0.4) is 0 Å². The first kappa shape index (κ1) is 26.4. The molecule has 8 heteroatoms. The van der Waals surface area contributed by atoms with Crippen molar-refractivity contribution >= 4 is 39.2 Å². The molecule has 212 valence electrons. The van der Waals surface area contributed by atoms with E-state index in [0.717, 1.165) is 89.5 Å². The quantitative estimate of drug-likeness (QED) is 0.233. The number of hydrogen-bond acceptors (Lipinski definition) is 7. The van der Waals surface area contributed by atoms with E-state index in [9.17, 15) is 0 Å². The number of ether oxygens (including phenoxy) is 1. The maximum atomic E-state index is 6.26. The standard InChI is InChI=1S/C33H38N6OS/c1-2-10-27(11-3-1)40-28-20-24-21-30(37-32(24)29(22-28)35-25-8-4-5-9-25)33-36-26(23-41-33)13-15-38-16-18-39(19-17-38)31-12-6-7-14-34-31/h1-3,6-7,10-12,14,20-22,25-26,35,37H,4-5,8-9,13,15-19,23H2. The molecule has 1 saturated heterocycles. The van der Waals surface area contributed by atoms with E-state index in [1.54, 1.807) is 0 Å². The van der Waals surface area contributed by atoms with Gasteiger partial charge in [-0.3, -0.25) is 9.89 Å². The molecule has 2 N–H and O–H groups in total. The molecule has 2 aromatic carbocycles. The van der Waals surface area contributed by atoms with E-state index in [0.29, 0.717) is 12.1 Å². The van der Waals surface area contributed by atoms with Gasteiger partial charge in [0, 0.05) is 62.2 Å². The van der Waals surface area contributed by atoms with Gasteiger partial charge in [0.05, 0.1) is 22.9 Å². The minimum Gasteiger partial charge on any atom is -0.457 e. The Morgan fingerprint density at radius 3 is 2.56 bits per heavy atom. The van der Waals surface area contributed by atoms with Gasteiger partial charge in [0.25, 0.3) is 0 Å². The average Bonchev–Trinajstić information content (AvgIpc) is 3.79. The third-order valence-electron chi connectivity index (χ3n) is 8.46. The third-order valence-corrected chi connectivity index (χ3v) is 9.61. The fourth-order valence-electron chi connectivity index (χ4n) is 6.20. The molecule has 0 radical (unpaired) electrons. The van der Waals surface area contributed by atoms with Gasteiger partial charge in [-0.15, -0.1) is 11.8 Å². The van der Waals surface area contributed by atoms with Gasteiger partial charge < -0.3 is 19.9 Å². The first-order chi connectivity index (χ1) is 20.3. The number of hydrogen-bond donors (Lipinski definition) is 2. The Morgan fingerprint density at radius 1 is 0.927 bits per heavy atom. The van der Waals surface area contributed by atoms with Crippen LogP contribution in [0.15, 0.2) is 77.9 Å². The number of pyridine rings is 1. The lowest BCUT2D eigenvalue weighted by molar-refractivity contribution is 0.250. The zero-order valence-electron chi connectivity index (χ0n) is 23.5. The summed E-state index contributed by atoms with van der Waals surface area (Å²) in [6.45, 7) is 5.33. The Bertz CT molecular complexity index is 1480. The number of H-pyrrole nitrogens is 1. The molecule has 1 aliphatic carbocycles. The Hall–Kier alpha value is -3.49. The Balaban J connectivity index is 1.03. The Morgan fingerprint density at radius 2 is 1.76 bits per heavy atom. The van der Waals surface area contributed by atoms with Crippen LogP contribution >= 0.6 is 11.8 Å². The predicted molar refractivity (Wildman–Crippen MR) is 171 cm³/mol. The molecule has 4 aromatic rings. The predicted octanol–water partition coefficient (Wildman–Crippen LogP) is 6.78. The van der Waals surface area contributed by atoms with Crippen LogP contribution in [0.2, 0.25) is 0 Å². The van der Waals surface area contributed by atoms with Crippen molar-refractivity contribution in [2.45, 2.75) is 44.2 Å². The second-order valence-corrected chi connectivity index (χ2v) is 12.4. The van der Waals surface area contributed by atoms with E-state index in [4.69, 9.17) is 9.73 Å². The van der Waals surface area contributed by atoms with Crippen LogP contribution in [0.5, 0.6) is 11.5 Å². The minimum atomic E-state index is 0.364. The maximum Gasteiger partial charge on any atom is 0.130 e. The maximum absolute atomic E-state index is 6.26. The van der Waals surface area contributed by atoms with Crippen LogP contribution in [0, 0.1) is 0 Å². The molecular weight excluding hydrogens is 528 g/mol. The van der Waals surface area contributed by atoms with Gasteiger partial charge in [-0.2, -0.15) is 0 Å². The lowest BCUT2D eigenvalue weighted by Crippen LogP contribution is -2.47. The van der Waals surface area contributed by atoms with Gasteiger partial charge in [-0.05, 0) is 55.7 Å². The highest BCUT2D eigenvalue weighted by Crippen LogP contribution is 2.36. The highest BCUT2D eigenvalue weighted by Gasteiger charge is 2.24. The summed E-state index contributed by atoms with van der Waals surface area (Å²) in [6.07, 6.45) is 8.02. The summed E-state index contributed by atoms with van der Waals surface area (Å²) in [7, 11) is 0. The van der Waals surface area contributed by atoms with Gasteiger partial charge in [0.2, 0.25) is 0 Å². The molecule has 1 atom stereocenters. The number of nitrogens with zero attached hydrogens (tertiary/aromatic N) is 4. The second-order valence-electron chi connectivity index (χ2n) is 11.4. The van der Waals surface area contributed by atoms with Crippen molar-refractivity contribution in [3.63, 3.8) is 0 Å². The average molecular weight is 567 g/mol. The first-order valence-electron chi connectivity index (χ1n) is 15.0. The lowest BCUT2D eigenvalue weighted by Gasteiger charge is -2.35. The number of piperazine rings is 1. The smallest absolute Gasteiger partial charge is 0.130 e. The number of aromatic amines is 1. The van der Waals surface area contributed by atoms with Crippen LogP contribution in [0.25, 0.3) is 10.9 Å². The molecule has 0 bridgehead atoms. The summed E-state index contributed by atoms with van der Waals surface area (Å²) in [5.74, 6) is 3.85. The summed E-state index contributed by atoms with van der Waals surface area (Å²) in [5, 5.41) is 6.11. The van der Waals surface area contributed by atoms with Crippen molar-refractivity contribution in [3.05, 3.63) is 78.6 Å². The number of thioether (sulfide) groups is 1. The van der Waals surface area contributed by atoms with E-state index in [1.165, 1.54) is 25.7 Å². The molecule has 0 amide bonds. The highest BCUT2D eigenvalue weighted by molar-refractivity contribution is 8.14. The number of aliphatic imine (C=N–C) groups is 1. The fourth-order valence-corrected chi connectivity index (χ4v) is 7.28. The van der Waals surface area contributed by atoms with Gasteiger partial charge in [0.15, 0.2) is 0 Å². The van der Waals surface area contributed by atoms with E-state index >= 15 is 0 Å². The normalized spacial score (nSPS) is 20.0. The fraction of sp³-hybridized carbons (Fsp3) is 0.394. The zero-order chi connectivity index (χ0) is 27.4. The zero-order valence-corrected chi connectivity index (χ0v) is 24.3. The van der Waals surface area contributed by atoms with E-state index in [-0.39, 0.29) is 0 Å². The molecule has 4 heterocycles. The van der Waals surface area contributed by atoms with Crippen molar-refractivity contribution in [3.8, 4) is 11.5 Å². The van der Waals surface area contributed by atoms with E-state index < -0.39 is 0 Å². The lowest BCUT2D eigenvalue weighted by atomic mass is 10.1. The molecule has 7 nitrogen and oxygen atoms in total. The molecule has 41 heavy (non-hydrogen) atoms. The van der Waals surface area contributed by atoms with Crippen molar-refractivity contribution < 1.29 is 4.74 Å². The summed E-state index contributed by atoms with van der Waals surface area (Å²) in [4.78, 5) is 18.4. The summed E-state index contributed by atoms with van der Waals surface area (Å²) in [5.41, 5.74) is 3.38. The molecule has 3 aliphatic rings. The molecule has 2 fully saturated rings. The summed E-state index contributed by atoms with van der Waals surface area (Å²) >= 11 is 1.88. The largest absolute Gasteiger partial charge is 0.457 e. The van der Waals surface area contributed by atoms with E-state index in [2.05, 4.69) is 55.4 Å². The van der Waals surface area contributed by atoms with E-state index in [1.807, 2.05) is 54.4 Å². The molecule has 0 spiro atoms. The molecule has 1 saturated carbocycles. The number of rotatable bonds is 9. The molecule has 7 rings (SSSR count). The Kier molecular flexibility index (Phi) is 7.84. The highest BCUT2D eigenvalue weighted by atomic mass is 32.2. The topological polar surface area (TPSA) is 68.8 Å². The van der Waals surface area contributed by atoms with Crippen LogP contribution in [0.1, 0.15) is 37.8 Å². The monoisotopic (exact) mass is 566 g/mol. The SMILES string of the molecule is c1ccc(Oc2cc(NC3CCCC3)c3[nH]c(C4=NC(CCN5CCN(c6ccccn6)CC5)CS4)cc3c2)cc1. The van der Waals surface area contributed by atoms with Gasteiger partial charge >= 0.3 is 0 Å². The number of aromatic nitrogens is 2. The minimum absolute atomic E-state index is 0.364. The number of para-hydroxylation sites is 1. The van der Waals surface area contributed by atoms with Crippen LogP contribution in [-0.4, -0.2) is 70.5 Å². The summed E-state index contributed by atoms with van der Waals surface area (Å²) in [6, 6.07) is 23.6. The van der Waals surface area contributed by atoms with Crippen molar-refractivity contribution in [1.82, 2.24) is 14.9 Å². The third kappa shape index (κ3) is 6.23. The van der Waals surface area contributed by atoms with Crippen LogP contribution < -0.4 is 15.0 Å². The molecule has 2 aliphatic heterocycles. The van der Waals surface area contributed by atoms with Gasteiger partial charge in [-0.1, -0.05) is 37.1 Å². The Labute approximate surface area is 246 Å². The molecule has 2 aromatic heterocycles. The first-order valence-corrected chi connectivity index (χ1v) is 16.0. The summed E-state index contributed by atoms with van der Waals surface area (Å²) < 4.78 is 6.26. The number of fused-ring (bicyclic) bond motifs is 1. The van der Waals surface area contributed by atoms with Crippen LogP contribution in [-0.2, 0) is 0 Å². The molecule has 1 unspecified atom stereocenters. The second kappa shape index (κ2) is 12.2. The van der Waals surface area contributed by atoms with Crippen molar-refractivity contribution in [2.75, 3.05) is 48.7 Å².